The summed E-state index contributed by atoms with van der Waals surface area (Å²) in [5.41, 5.74) is 1.89. The molecule has 0 aliphatic carbocycles. The first kappa shape index (κ1) is 14.9. The second-order valence-corrected chi connectivity index (χ2v) is 5.16. The Labute approximate surface area is 124 Å². The highest BCUT2D eigenvalue weighted by Crippen LogP contribution is 2.34. The molecule has 1 N–H and O–H groups in total. The van der Waals surface area contributed by atoms with Gasteiger partial charge in [-0.15, -0.1) is 11.6 Å². The van der Waals surface area contributed by atoms with Gasteiger partial charge in [0, 0.05) is 18.7 Å². The number of para-hydroxylation sites is 1. The van der Waals surface area contributed by atoms with Crippen LogP contribution in [0.4, 0.5) is 5.69 Å². The Bertz CT molecular complexity index is 504. The minimum atomic E-state index is -0.181. The van der Waals surface area contributed by atoms with Crippen LogP contribution >= 0.6 is 11.6 Å². The first-order valence-electron chi connectivity index (χ1n) is 6.92. The fourth-order valence-electron chi connectivity index (χ4n) is 2.55. The molecule has 1 unspecified atom stereocenters. The summed E-state index contributed by atoms with van der Waals surface area (Å²) in [6, 6.07) is 7.66. The van der Waals surface area contributed by atoms with E-state index in [0.29, 0.717) is 13.0 Å². The number of alkyl halides is 1. The van der Waals surface area contributed by atoms with Gasteiger partial charge in [0.2, 0.25) is 11.8 Å². The number of nitrogens with zero attached hydrogens (tertiary/aromatic N) is 1. The van der Waals surface area contributed by atoms with E-state index in [-0.39, 0.29) is 23.7 Å². The third-order valence-electron chi connectivity index (χ3n) is 3.47. The molecule has 1 aliphatic rings. The second kappa shape index (κ2) is 6.75. The molecule has 0 radical (unpaired) electrons. The number of hydrogen-bond donors (Lipinski definition) is 1. The van der Waals surface area contributed by atoms with Gasteiger partial charge < -0.3 is 10.2 Å². The van der Waals surface area contributed by atoms with Gasteiger partial charge >= 0.3 is 0 Å². The fraction of sp³-hybridized carbons (Fsp3) is 0.467. The van der Waals surface area contributed by atoms with Gasteiger partial charge in [-0.2, -0.15) is 0 Å². The van der Waals surface area contributed by atoms with Crippen LogP contribution in [0.3, 0.4) is 0 Å². The zero-order chi connectivity index (χ0) is 14.5. The molecule has 20 heavy (non-hydrogen) atoms. The van der Waals surface area contributed by atoms with Gasteiger partial charge in [-0.05, 0) is 24.5 Å². The maximum atomic E-state index is 12.2. The monoisotopic (exact) mass is 294 g/mol. The first-order chi connectivity index (χ1) is 9.67. The molecule has 1 heterocycles. The predicted octanol–water partition coefficient (Wildman–Crippen LogP) is 2.62. The SMILES string of the molecule is CCCC(=O)N1CCC(NC(=O)CCl)c2ccccc21. The molecule has 2 amide bonds. The highest BCUT2D eigenvalue weighted by atomic mass is 35.5. The van der Waals surface area contributed by atoms with Crippen molar-refractivity contribution < 1.29 is 9.59 Å². The van der Waals surface area contributed by atoms with Crippen molar-refractivity contribution in [2.45, 2.75) is 32.2 Å². The topological polar surface area (TPSA) is 49.4 Å². The molecule has 4 nitrogen and oxygen atoms in total. The molecule has 0 aromatic heterocycles. The second-order valence-electron chi connectivity index (χ2n) is 4.90. The predicted molar refractivity (Wildman–Crippen MR) is 79.9 cm³/mol. The van der Waals surface area contributed by atoms with E-state index in [0.717, 1.165) is 24.1 Å². The van der Waals surface area contributed by atoms with Gasteiger partial charge in [-0.25, -0.2) is 0 Å². The Morgan fingerprint density at radius 2 is 2.15 bits per heavy atom. The lowest BCUT2D eigenvalue weighted by Crippen LogP contribution is -2.41. The van der Waals surface area contributed by atoms with Crippen LogP contribution in [0.2, 0.25) is 0 Å². The molecule has 1 aromatic carbocycles. The van der Waals surface area contributed by atoms with E-state index >= 15 is 0 Å². The number of amides is 2. The highest BCUT2D eigenvalue weighted by Gasteiger charge is 2.28. The van der Waals surface area contributed by atoms with E-state index < -0.39 is 0 Å². The van der Waals surface area contributed by atoms with E-state index in [9.17, 15) is 9.59 Å². The van der Waals surface area contributed by atoms with Crippen molar-refractivity contribution >= 4 is 29.1 Å². The number of rotatable bonds is 4. The summed E-state index contributed by atoms with van der Waals surface area (Å²) in [6.45, 7) is 2.63. The molecular weight excluding hydrogens is 276 g/mol. The fourth-order valence-corrected chi connectivity index (χ4v) is 2.63. The van der Waals surface area contributed by atoms with E-state index in [1.165, 1.54) is 0 Å². The largest absolute Gasteiger partial charge is 0.348 e. The lowest BCUT2D eigenvalue weighted by Gasteiger charge is -2.34. The number of halogens is 1. The quantitative estimate of drug-likeness (QED) is 0.868. The van der Waals surface area contributed by atoms with Crippen LogP contribution in [0.5, 0.6) is 0 Å². The van der Waals surface area contributed by atoms with Crippen molar-refractivity contribution in [3.05, 3.63) is 29.8 Å². The number of carbonyl (C=O) groups is 2. The van der Waals surface area contributed by atoms with E-state index in [1.54, 1.807) is 0 Å². The molecule has 0 fully saturated rings. The number of anilines is 1. The van der Waals surface area contributed by atoms with Crippen LogP contribution in [0.25, 0.3) is 0 Å². The van der Waals surface area contributed by atoms with Crippen LogP contribution < -0.4 is 10.2 Å². The Kier molecular flexibility index (Phi) is 5.01. The molecular formula is C15H19ClN2O2. The van der Waals surface area contributed by atoms with Crippen molar-refractivity contribution in [3.8, 4) is 0 Å². The summed E-state index contributed by atoms with van der Waals surface area (Å²) in [5.74, 6) is -0.0844. The zero-order valence-electron chi connectivity index (χ0n) is 11.6. The maximum Gasteiger partial charge on any atom is 0.235 e. The van der Waals surface area contributed by atoms with Crippen LogP contribution in [-0.4, -0.2) is 24.2 Å². The van der Waals surface area contributed by atoms with Crippen molar-refractivity contribution in [1.82, 2.24) is 5.32 Å². The minimum Gasteiger partial charge on any atom is -0.348 e. The Balaban J connectivity index is 2.25. The highest BCUT2D eigenvalue weighted by molar-refractivity contribution is 6.27. The van der Waals surface area contributed by atoms with E-state index in [2.05, 4.69) is 5.32 Å². The summed E-state index contributed by atoms with van der Waals surface area (Å²) < 4.78 is 0. The van der Waals surface area contributed by atoms with Crippen molar-refractivity contribution in [2.24, 2.45) is 0 Å². The third-order valence-corrected chi connectivity index (χ3v) is 3.71. The standard InChI is InChI=1S/C15H19ClN2O2/c1-2-5-15(20)18-9-8-12(17-14(19)10-16)11-6-3-4-7-13(11)18/h3-4,6-7,12H,2,5,8-10H2,1H3,(H,17,19). The van der Waals surface area contributed by atoms with Crippen molar-refractivity contribution in [3.63, 3.8) is 0 Å². The molecule has 108 valence electrons. The average molecular weight is 295 g/mol. The normalized spacial score (nSPS) is 17.5. The van der Waals surface area contributed by atoms with Gasteiger partial charge in [0.05, 0.1) is 6.04 Å². The summed E-state index contributed by atoms with van der Waals surface area (Å²) in [6.07, 6.45) is 2.10. The average Bonchev–Trinajstić information content (AvgIpc) is 2.47. The van der Waals surface area contributed by atoms with E-state index in [4.69, 9.17) is 11.6 Å². The summed E-state index contributed by atoms with van der Waals surface area (Å²) in [4.78, 5) is 25.5. The minimum absolute atomic E-state index is 0.0445. The summed E-state index contributed by atoms with van der Waals surface area (Å²) in [7, 11) is 0. The molecule has 5 heteroatoms. The lowest BCUT2D eigenvalue weighted by atomic mass is 9.96. The molecule has 0 saturated heterocycles. The number of hydrogen-bond acceptors (Lipinski definition) is 2. The van der Waals surface area contributed by atoms with Crippen molar-refractivity contribution in [2.75, 3.05) is 17.3 Å². The zero-order valence-corrected chi connectivity index (χ0v) is 12.3. The van der Waals surface area contributed by atoms with Crippen LogP contribution in [0, 0.1) is 0 Å². The summed E-state index contributed by atoms with van der Waals surface area (Å²) >= 11 is 5.54. The molecule has 0 spiro atoms. The van der Waals surface area contributed by atoms with Crippen molar-refractivity contribution in [1.29, 1.82) is 0 Å². The maximum absolute atomic E-state index is 12.2. The lowest BCUT2D eigenvalue weighted by molar-refractivity contribution is -0.119. The molecule has 2 rings (SSSR count). The summed E-state index contributed by atoms with van der Waals surface area (Å²) in [5, 5.41) is 2.91. The van der Waals surface area contributed by atoms with Gasteiger partial charge in [0.25, 0.3) is 0 Å². The van der Waals surface area contributed by atoms with Crippen LogP contribution in [0.15, 0.2) is 24.3 Å². The number of fused-ring (bicyclic) bond motifs is 1. The molecule has 1 atom stereocenters. The first-order valence-corrected chi connectivity index (χ1v) is 7.45. The van der Waals surface area contributed by atoms with E-state index in [1.807, 2.05) is 36.1 Å². The molecule has 0 saturated carbocycles. The number of benzene rings is 1. The van der Waals surface area contributed by atoms with Gasteiger partial charge in [0.15, 0.2) is 0 Å². The smallest absolute Gasteiger partial charge is 0.235 e. The van der Waals surface area contributed by atoms with Gasteiger partial charge in [-0.3, -0.25) is 9.59 Å². The Morgan fingerprint density at radius 1 is 1.40 bits per heavy atom. The molecule has 1 aliphatic heterocycles. The number of nitrogens with one attached hydrogen (secondary N) is 1. The van der Waals surface area contributed by atoms with Crippen LogP contribution in [-0.2, 0) is 9.59 Å². The molecule has 0 bridgehead atoms. The van der Waals surface area contributed by atoms with Crippen LogP contribution in [0.1, 0.15) is 37.8 Å². The van der Waals surface area contributed by atoms with Gasteiger partial charge in [-0.1, -0.05) is 25.1 Å². The molecule has 1 aromatic rings. The number of carbonyl (C=O) groups excluding carboxylic acids is 2. The Hall–Kier alpha value is -1.55. The Morgan fingerprint density at radius 3 is 2.85 bits per heavy atom. The third kappa shape index (κ3) is 3.12. The van der Waals surface area contributed by atoms with Gasteiger partial charge in [0.1, 0.15) is 5.88 Å².